The quantitative estimate of drug-likeness (QED) is 0.870. The molecule has 1 aliphatic carbocycles. The number of benzene rings is 1. The molecule has 1 amide bonds. The summed E-state index contributed by atoms with van der Waals surface area (Å²) in [6, 6.07) is 9.76. The van der Waals surface area contributed by atoms with E-state index in [0.717, 1.165) is 29.8 Å². The van der Waals surface area contributed by atoms with E-state index in [0.29, 0.717) is 32.4 Å². The number of hydrogen-bond donors (Lipinski definition) is 1. The molecule has 1 aliphatic heterocycles. The molecule has 0 unspecified atom stereocenters. The van der Waals surface area contributed by atoms with E-state index in [-0.39, 0.29) is 24.7 Å². The lowest BCUT2D eigenvalue weighted by molar-refractivity contribution is -0.142. The van der Waals surface area contributed by atoms with Gasteiger partial charge in [0.05, 0.1) is 23.3 Å². The first-order chi connectivity index (χ1) is 13.6. The molecule has 2 aliphatic rings. The number of nitrogens with zero attached hydrogens (tertiary/aromatic N) is 4. The highest BCUT2D eigenvalue weighted by Crippen LogP contribution is 2.30. The number of fused-ring (bicyclic) bond motifs is 1. The van der Waals surface area contributed by atoms with Crippen LogP contribution >= 0.6 is 0 Å². The van der Waals surface area contributed by atoms with Crippen molar-refractivity contribution < 1.29 is 19.4 Å². The van der Waals surface area contributed by atoms with Gasteiger partial charge in [0.1, 0.15) is 6.61 Å². The van der Waals surface area contributed by atoms with E-state index in [1.165, 1.54) is 0 Å². The van der Waals surface area contributed by atoms with E-state index < -0.39 is 5.97 Å². The van der Waals surface area contributed by atoms with Gasteiger partial charge in [-0.05, 0) is 31.2 Å². The Morgan fingerprint density at radius 3 is 2.61 bits per heavy atom. The van der Waals surface area contributed by atoms with Crippen LogP contribution in [0.1, 0.15) is 42.3 Å². The predicted octanol–water partition coefficient (Wildman–Crippen LogP) is 2.44. The number of aromatic nitrogens is 3. The lowest BCUT2D eigenvalue weighted by atomic mass is 9.89. The third-order valence-corrected chi connectivity index (χ3v) is 5.66. The Balaban J connectivity index is 1.33. The Labute approximate surface area is 163 Å². The molecule has 1 aromatic heterocycles. The fourth-order valence-electron chi connectivity index (χ4n) is 4.01. The van der Waals surface area contributed by atoms with Crippen LogP contribution in [0.4, 0.5) is 4.79 Å². The monoisotopic (exact) mass is 384 g/mol. The van der Waals surface area contributed by atoms with Crippen LogP contribution in [0.3, 0.4) is 0 Å². The summed E-state index contributed by atoms with van der Waals surface area (Å²) in [4.78, 5) is 25.4. The Bertz CT molecular complexity index is 843. The van der Waals surface area contributed by atoms with Crippen molar-refractivity contribution in [3.8, 4) is 0 Å². The van der Waals surface area contributed by atoms with Crippen molar-refractivity contribution in [2.75, 3.05) is 13.1 Å². The van der Waals surface area contributed by atoms with Crippen molar-refractivity contribution in [2.24, 2.45) is 5.92 Å². The maximum Gasteiger partial charge on any atom is 0.410 e. The van der Waals surface area contributed by atoms with Gasteiger partial charge in [-0.25, -0.2) is 9.48 Å². The van der Waals surface area contributed by atoms with Gasteiger partial charge in [0.15, 0.2) is 0 Å². The summed E-state index contributed by atoms with van der Waals surface area (Å²) in [5.41, 5.74) is 2.83. The average Bonchev–Trinajstić information content (AvgIpc) is 3.16. The number of aliphatic carboxylic acids is 1. The molecule has 148 valence electrons. The predicted molar refractivity (Wildman–Crippen MR) is 99.6 cm³/mol. The number of amides is 1. The first kappa shape index (κ1) is 18.5. The second-order valence-corrected chi connectivity index (χ2v) is 7.46. The maximum atomic E-state index is 12.3. The van der Waals surface area contributed by atoms with Gasteiger partial charge in [0, 0.05) is 19.5 Å². The number of piperidine rings is 1. The minimum absolute atomic E-state index is 0.141. The molecule has 4 rings (SSSR count). The number of carbonyl (C=O) groups is 2. The number of likely N-dealkylation sites (tertiary alicyclic amines) is 1. The second-order valence-electron chi connectivity index (χ2n) is 7.46. The van der Waals surface area contributed by atoms with E-state index in [1.807, 2.05) is 35.0 Å². The van der Waals surface area contributed by atoms with Gasteiger partial charge in [-0.15, -0.1) is 5.10 Å². The molecule has 0 saturated carbocycles. The second kappa shape index (κ2) is 8.00. The number of ether oxygens (including phenoxy) is 1. The van der Waals surface area contributed by atoms with Crippen LogP contribution < -0.4 is 0 Å². The van der Waals surface area contributed by atoms with Crippen LogP contribution in [-0.2, 0) is 29.0 Å². The summed E-state index contributed by atoms with van der Waals surface area (Å²) >= 11 is 0. The first-order valence-corrected chi connectivity index (χ1v) is 9.73. The molecule has 1 saturated heterocycles. The summed E-state index contributed by atoms with van der Waals surface area (Å²) in [5, 5.41) is 17.9. The molecule has 8 nitrogen and oxygen atoms in total. The summed E-state index contributed by atoms with van der Waals surface area (Å²) in [7, 11) is 0. The van der Waals surface area contributed by atoms with Crippen LogP contribution in [0.15, 0.2) is 30.3 Å². The Morgan fingerprint density at radius 2 is 1.89 bits per heavy atom. The molecule has 0 bridgehead atoms. The van der Waals surface area contributed by atoms with Gasteiger partial charge in [0.25, 0.3) is 0 Å². The molecule has 2 heterocycles. The Kier molecular flexibility index (Phi) is 5.27. The minimum Gasteiger partial charge on any atom is -0.481 e. The zero-order valence-corrected chi connectivity index (χ0v) is 15.7. The molecule has 1 fully saturated rings. The molecule has 0 spiro atoms. The summed E-state index contributed by atoms with van der Waals surface area (Å²) in [5.74, 6) is -1.12. The number of carboxylic acids is 1. The summed E-state index contributed by atoms with van der Waals surface area (Å²) in [6.07, 6.45) is 2.98. The van der Waals surface area contributed by atoms with Crippen molar-refractivity contribution >= 4 is 12.1 Å². The van der Waals surface area contributed by atoms with Crippen LogP contribution in [-0.4, -0.2) is 50.2 Å². The highest BCUT2D eigenvalue weighted by atomic mass is 16.6. The molecular weight excluding hydrogens is 360 g/mol. The van der Waals surface area contributed by atoms with Crippen LogP contribution in [0.25, 0.3) is 0 Å². The zero-order valence-electron chi connectivity index (χ0n) is 15.7. The minimum atomic E-state index is -0.755. The normalized spacial score (nSPS) is 19.9. The third-order valence-electron chi connectivity index (χ3n) is 5.66. The molecule has 1 aromatic carbocycles. The molecule has 1 N–H and O–H groups in total. The van der Waals surface area contributed by atoms with Crippen LogP contribution in [0.5, 0.6) is 0 Å². The number of carboxylic acid groups (broad SMARTS) is 1. The van der Waals surface area contributed by atoms with Gasteiger partial charge in [-0.3, -0.25) is 4.79 Å². The van der Waals surface area contributed by atoms with Crippen molar-refractivity contribution in [2.45, 2.75) is 44.8 Å². The SMILES string of the molecule is O=C(O)[C@@H]1CCc2nnn(C3CCN(C(=O)OCc4ccccc4)CC3)c2C1. The largest absolute Gasteiger partial charge is 0.481 e. The lowest BCUT2D eigenvalue weighted by Gasteiger charge is -2.32. The maximum absolute atomic E-state index is 12.3. The van der Waals surface area contributed by atoms with E-state index in [1.54, 1.807) is 4.90 Å². The summed E-state index contributed by atoms with van der Waals surface area (Å²) < 4.78 is 7.31. The van der Waals surface area contributed by atoms with E-state index in [2.05, 4.69) is 10.3 Å². The fraction of sp³-hybridized carbons (Fsp3) is 0.500. The average molecular weight is 384 g/mol. The zero-order chi connectivity index (χ0) is 19.5. The van der Waals surface area contributed by atoms with Crippen LogP contribution in [0, 0.1) is 5.92 Å². The summed E-state index contributed by atoms with van der Waals surface area (Å²) in [6.45, 7) is 1.46. The third kappa shape index (κ3) is 3.85. The first-order valence-electron chi connectivity index (χ1n) is 9.73. The molecule has 28 heavy (non-hydrogen) atoms. The van der Waals surface area contributed by atoms with Crippen molar-refractivity contribution in [3.05, 3.63) is 47.3 Å². The van der Waals surface area contributed by atoms with Crippen molar-refractivity contribution in [1.29, 1.82) is 0 Å². The van der Waals surface area contributed by atoms with E-state index >= 15 is 0 Å². The van der Waals surface area contributed by atoms with Crippen molar-refractivity contribution in [1.82, 2.24) is 19.9 Å². The molecule has 1 atom stereocenters. The number of rotatable bonds is 4. The molecule has 8 heteroatoms. The van der Waals surface area contributed by atoms with Gasteiger partial charge in [0.2, 0.25) is 0 Å². The van der Waals surface area contributed by atoms with Gasteiger partial charge >= 0.3 is 12.1 Å². The smallest absolute Gasteiger partial charge is 0.410 e. The molecule has 0 radical (unpaired) electrons. The van der Waals surface area contributed by atoms with Gasteiger partial charge in [-0.1, -0.05) is 35.5 Å². The van der Waals surface area contributed by atoms with Crippen LogP contribution in [0.2, 0.25) is 0 Å². The Morgan fingerprint density at radius 1 is 1.14 bits per heavy atom. The van der Waals surface area contributed by atoms with Gasteiger partial charge in [-0.2, -0.15) is 0 Å². The molecule has 2 aromatic rings. The highest BCUT2D eigenvalue weighted by molar-refractivity contribution is 5.70. The van der Waals surface area contributed by atoms with E-state index in [4.69, 9.17) is 4.74 Å². The Hall–Kier alpha value is -2.90. The number of carbonyl (C=O) groups excluding carboxylic acids is 1. The number of aryl methyl sites for hydroxylation is 1. The lowest BCUT2D eigenvalue weighted by Crippen LogP contribution is -2.40. The topological polar surface area (TPSA) is 97.5 Å². The highest BCUT2D eigenvalue weighted by Gasteiger charge is 2.32. The standard InChI is InChI=1S/C20H24N4O4/c25-19(26)15-6-7-17-18(12-15)24(22-21-17)16-8-10-23(11-9-16)20(27)28-13-14-4-2-1-3-5-14/h1-5,15-16H,6-13H2,(H,25,26)/t15-/m1/s1. The fourth-order valence-corrected chi connectivity index (χ4v) is 4.01. The van der Waals surface area contributed by atoms with Gasteiger partial charge < -0.3 is 14.7 Å². The van der Waals surface area contributed by atoms with Crippen molar-refractivity contribution in [3.63, 3.8) is 0 Å². The molecular formula is C20H24N4O4. The number of hydrogen-bond acceptors (Lipinski definition) is 5. The van der Waals surface area contributed by atoms with E-state index in [9.17, 15) is 14.7 Å².